The molecule has 0 radical (unpaired) electrons. The zero-order valence-electron chi connectivity index (χ0n) is 9.41. The van der Waals surface area contributed by atoms with Gasteiger partial charge in [0.05, 0.1) is 6.61 Å². The number of ether oxygens (including phenoxy) is 1. The molecule has 0 spiro atoms. The van der Waals surface area contributed by atoms with Gasteiger partial charge in [0.2, 0.25) is 11.8 Å². The molecule has 0 rings (SSSR count). The normalized spacial score (nSPS) is 12.1. The van der Waals surface area contributed by atoms with Crippen molar-refractivity contribution in [1.82, 2.24) is 5.32 Å². The Hall–Kier alpha value is -1.10. The first-order valence-electron chi connectivity index (χ1n) is 5.21. The number of nitrogens with one attached hydrogen (secondary N) is 1. The third-order valence-corrected chi connectivity index (χ3v) is 2.06. The van der Waals surface area contributed by atoms with Crippen LogP contribution in [0.1, 0.15) is 26.7 Å². The van der Waals surface area contributed by atoms with E-state index < -0.39 is 0 Å². The molecule has 0 aromatic carbocycles. The maximum atomic E-state index is 11.2. The third-order valence-electron chi connectivity index (χ3n) is 2.06. The Labute approximate surface area is 90.4 Å². The molecule has 0 aliphatic heterocycles. The monoisotopic (exact) mass is 216 g/mol. The van der Waals surface area contributed by atoms with Crippen molar-refractivity contribution >= 4 is 11.8 Å². The molecule has 15 heavy (non-hydrogen) atoms. The highest BCUT2D eigenvalue weighted by atomic mass is 16.5. The lowest BCUT2D eigenvalue weighted by Crippen LogP contribution is -2.28. The van der Waals surface area contributed by atoms with Crippen molar-refractivity contribution in [2.75, 3.05) is 19.8 Å². The first-order valence-corrected chi connectivity index (χ1v) is 5.21. The molecule has 3 N–H and O–H groups in total. The number of hydrogen-bond donors (Lipinski definition) is 2. The summed E-state index contributed by atoms with van der Waals surface area (Å²) in [4.78, 5) is 21.9. The molecule has 5 heteroatoms. The average molecular weight is 216 g/mol. The van der Waals surface area contributed by atoms with Gasteiger partial charge >= 0.3 is 0 Å². The predicted molar refractivity (Wildman–Crippen MR) is 57.1 cm³/mol. The van der Waals surface area contributed by atoms with Crippen molar-refractivity contribution in [3.05, 3.63) is 0 Å². The molecule has 0 saturated heterocycles. The van der Waals surface area contributed by atoms with Gasteiger partial charge in [0.1, 0.15) is 0 Å². The Morgan fingerprint density at radius 3 is 2.67 bits per heavy atom. The quantitative estimate of drug-likeness (QED) is 0.562. The van der Waals surface area contributed by atoms with Gasteiger partial charge in [-0.05, 0) is 13.3 Å². The molecule has 2 amide bonds. The molecule has 1 atom stereocenters. The van der Waals surface area contributed by atoms with Gasteiger partial charge in [-0.2, -0.15) is 0 Å². The summed E-state index contributed by atoms with van der Waals surface area (Å²) < 4.78 is 5.06. The number of primary amides is 1. The maximum Gasteiger partial charge on any atom is 0.220 e. The van der Waals surface area contributed by atoms with E-state index in [1.165, 1.54) is 0 Å². The van der Waals surface area contributed by atoms with E-state index in [2.05, 4.69) is 5.32 Å². The van der Waals surface area contributed by atoms with E-state index in [0.717, 1.165) is 0 Å². The summed E-state index contributed by atoms with van der Waals surface area (Å²) in [7, 11) is 0. The Morgan fingerprint density at radius 1 is 1.47 bits per heavy atom. The van der Waals surface area contributed by atoms with Gasteiger partial charge < -0.3 is 15.8 Å². The van der Waals surface area contributed by atoms with E-state index in [1.807, 2.05) is 6.92 Å². The Morgan fingerprint density at radius 2 is 2.13 bits per heavy atom. The van der Waals surface area contributed by atoms with Gasteiger partial charge in [0, 0.05) is 25.5 Å². The van der Waals surface area contributed by atoms with Crippen LogP contribution in [0.25, 0.3) is 0 Å². The molecule has 0 heterocycles. The second-order valence-corrected chi connectivity index (χ2v) is 3.39. The fourth-order valence-electron chi connectivity index (χ4n) is 0.985. The Balaban J connectivity index is 3.45. The highest BCUT2D eigenvalue weighted by Gasteiger charge is 2.10. The van der Waals surface area contributed by atoms with Crippen LogP contribution in [0.5, 0.6) is 0 Å². The molecule has 0 aromatic rings. The fraction of sp³-hybridized carbons (Fsp3) is 0.800. The zero-order chi connectivity index (χ0) is 11.7. The number of nitrogens with two attached hydrogens (primary N) is 1. The van der Waals surface area contributed by atoms with Crippen LogP contribution in [0.2, 0.25) is 0 Å². The Bertz CT molecular complexity index is 207. The summed E-state index contributed by atoms with van der Waals surface area (Å²) in [5.74, 6) is -0.678. The van der Waals surface area contributed by atoms with Crippen molar-refractivity contribution < 1.29 is 14.3 Å². The third kappa shape index (κ3) is 7.93. The molecular formula is C10H20N2O3. The van der Waals surface area contributed by atoms with Crippen LogP contribution in [0.4, 0.5) is 0 Å². The van der Waals surface area contributed by atoms with Crippen LogP contribution < -0.4 is 11.1 Å². The lowest BCUT2D eigenvalue weighted by atomic mass is 10.1. The Kier molecular flexibility index (Phi) is 7.62. The van der Waals surface area contributed by atoms with E-state index in [9.17, 15) is 9.59 Å². The van der Waals surface area contributed by atoms with Crippen molar-refractivity contribution in [3.63, 3.8) is 0 Å². The van der Waals surface area contributed by atoms with Crippen molar-refractivity contribution in [2.45, 2.75) is 26.7 Å². The largest absolute Gasteiger partial charge is 0.380 e. The number of hydrogen-bond acceptors (Lipinski definition) is 3. The van der Waals surface area contributed by atoms with Crippen LogP contribution >= 0.6 is 0 Å². The molecule has 0 bridgehead atoms. The average Bonchev–Trinajstić information content (AvgIpc) is 2.20. The fourth-order valence-corrected chi connectivity index (χ4v) is 0.985. The van der Waals surface area contributed by atoms with Gasteiger partial charge in [-0.3, -0.25) is 9.59 Å². The van der Waals surface area contributed by atoms with Crippen LogP contribution in [-0.2, 0) is 14.3 Å². The van der Waals surface area contributed by atoms with Crippen LogP contribution in [-0.4, -0.2) is 31.6 Å². The minimum atomic E-state index is -0.364. The van der Waals surface area contributed by atoms with Gasteiger partial charge in [-0.1, -0.05) is 6.92 Å². The summed E-state index contributed by atoms with van der Waals surface area (Å²) in [6.45, 7) is 5.30. The molecule has 0 aliphatic carbocycles. The predicted octanol–water partition coefficient (Wildman–Crippen LogP) is 0.0407. The number of carbonyl (C=O) groups excluding carboxylic acids is 2. The second kappa shape index (κ2) is 8.23. The maximum absolute atomic E-state index is 11.2. The molecule has 0 aromatic heterocycles. The van der Waals surface area contributed by atoms with E-state index in [1.54, 1.807) is 6.92 Å². The first-order chi connectivity index (χ1) is 7.07. The number of amides is 2. The van der Waals surface area contributed by atoms with Gasteiger partial charge in [-0.15, -0.1) is 0 Å². The molecule has 0 saturated carbocycles. The van der Waals surface area contributed by atoms with Crippen molar-refractivity contribution in [2.24, 2.45) is 11.7 Å². The van der Waals surface area contributed by atoms with Crippen molar-refractivity contribution in [3.8, 4) is 0 Å². The van der Waals surface area contributed by atoms with E-state index in [4.69, 9.17) is 10.5 Å². The summed E-state index contributed by atoms with van der Waals surface area (Å²) in [5.41, 5.74) is 5.07. The summed E-state index contributed by atoms with van der Waals surface area (Å²) in [6, 6.07) is 0. The minimum absolute atomic E-state index is 0.0668. The number of rotatable bonds is 8. The topological polar surface area (TPSA) is 81.4 Å². The number of carbonyl (C=O) groups is 2. The molecule has 5 nitrogen and oxygen atoms in total. The minimum Gasteiger partial charge on any atom is -0.380 e. The highest BCUT2D eigenvalue weighted by Crippen LogP contribution is 2.03. The first kappa shape index (κ1) is 13.9. The summed E-state index contributed by atoms with van der Waals surface area (Å²) in [5, 5.41) is 2.70. The van der Waals surface area contributed by atoms with Crippen LogP contribution in [0.15, 0.2) is 0 Å². The smallest absolute Gasteiger partial charge is 0.220 e. The molecule has 88 valence electrons. The van der Waals surface area contributed by atoms with Gasteiger partial charge in [0.15, 0.2) is 0 Å². The SMILES string of the molecule is CCOCCNC(=O)CC[C@H](C)C(N)=O. The lowest BCUT2D eigenvalue weighted by molar-refractivity contribution is -0.123. The highest BCUT2D eigenvalue weighted by molar-refractivity contribution is 5.79. The van der Waals surface area contributed by atoms with Crippen LogP contribution in [0.3, 0.4) is 0 Å². The van der Waals surface area contributed by atoms with E-state index in [-0.39, 0.29) is 17.7 Å². The summed E-state index contributed by atoms with van der Waals surface area (Å²) >= 11 is 0. The molecule has 0 aliphatic rings. The second-order valence-electron chi connectivity index (χ2n) is 3.39. The molecular weight excluding hydrogens is 196 g/mol. The van der Waals surface area contributed by atoms with Gasteiger partial charge in [0.25, 0.3) is 0 Å². The van der Waals surface area contributed by atoms with Crippen LogP contribution in [0, 0.1) is 5.92 Å². The summed E-state index contributed by atoms with van der Waals surface area (Å²) in [6.07, 6.45) is 0.825. The molecule has 0 unspecified atom stereocenters. The van der Waals surface area contributed by atoms with E-state index >= 15 is 0 Å². The van der Waals surface area contributed by atoms with E-state index in [0.29, 0.717) is 32.6 Å². The molecule has 0 fully saturated rings. The lowest BCUT2D eigenvalue weighted by Gasteiger charge is -2.07. The standard InChI is InChI=1S/C10H20N2O3/c1-3-15-7-6-12-9(13)5-4-8(2)10(11)14/h8H,3-7H2,1-2H3,(H2,11,14)(H,12,13)/t8-/m0/s1. The van der Waals surface area contributed by atoms with Gasteiger partial charge in [-0.25, -0.2) is 0 Å². The van der Waals surface area contributed by atoms with Crippen molar-refractivity contribution in [1.29, 1.82) is 0 Å². The zero-order valence-corrected chi connectivity index (χ0v) is 9.41.